The van der Waals surface area contributed by atoms with Crippen molar-refractivity contribution in [3.63, 3.8) is 0 Å². The van der Waals surface area contributed by atoms with E-state index in [0.717, 1.165) is 17.7 Å². The van der Waals surface area contributed by atoms with Crippen LogP contribution in [0.5, 0.6) is 0 Å². The Balaban J connectivity index is 1.76. The summed E-state index contributed by atoms with van der Waals surface area (Å²) in [6, 6.07) is 2.27. The molecule has 0 aliphatic heterocycles. The third-order valence-electron chi connectivity index (χ3n) is 4.26. The van der Waals surface area contributed by atoms with Crippen LogP contribution in [0.15, 0.2) is 17.2 Å². The summed E-state index contributed by atoms with van der Waals surface area (Å²) in [4.78, 5) is 15.6. The Hall–Kier alpha value is -1.85. The van der Waals surface area contributed by atoms with Gasteiger partial charge < -0.3 is 5.32 Å². The van der Waals surface area contributed by atoms with E-state index >= 15 is 0 Å². The molecule has 2 heterocycles. The Morgan fingerprint density at radius 3 is 3.00 bits per heavy atom. The van der Waals surface area contributed by atoms with Gasteiger partial charge in [0.05, 0.1) is 0 Å². The minimum atomic E-state index is -0.255. The normalized spacial score (nSPS) is 27.6. The minimum Gasteiger partial charge on any atom is -0.367 e. The molecule has 2 aromatic heterocycles. The average Bonchev–Trinajstić information content (AvgIpc) is 2.75. The minimum absolute atomic E-state index is 0.255. The van der Waals surface area contributed by atoms with Crippen molar-refractivity contribution in [3.8, 4) is 0 Å². The maximum Gasteiger partial charge on any atom is 0.348 e. The molecule has 3 rings (SSSR count). The Kier molecular flexibility index (Phi) is 3.00. The van der Waals surface area contributed by atoms with Gasteiger partial charge in [0.15, 0.2) is 5.65 Å². The Bertz CT molecular complexity index is 631. The van der Waals surface area contributed by atoms with Gasteiger partial charge in [0.2, 0.25) is 0 Å². The van der Waals surface area contributed by atoms with Crippen molar-refractivity contribution < 1.29 is 0 Å². The molecule has 0 bridgehead atoms. The van der Waals surface area contributed by atoms with E-state index in [9.17, 15) is 4.79 Å². The lowest BCUT2D eigenvalue weighted by Crippen LogP contribution is -2.30. The number of nitrogens with one attached hydrogen (secondary N) is 2. The molecule has 3 unspecified atom stereocenters. The standard InChI is InChI=1S/C13H19N5O/c1-8-3-4-10(5-9(8)2)15-11-6-12-16-17-13(19)18(12)7-14-11/h6-10,15H,3-5H2,1-2H3,(H,17,19). The molecule has 6 nitrogen and oxygen atoms in total. The van der Waals surface area contributed by atoms with Gasteiger partial charge in [-0.15, -0.1) is 0 Å². The molecular formula is C13H19N5O. The lowest BCUT2D eigenvalue weighted by molar-refractivity contribution is 0.260. The summed E-state index contributed by atoms with van der Waals surface area (Å²) in [6.07, 6.45) is 5.11. The predicted molar refractivity (Wildman–Crippen MR) is 73.2 cm³/mol. The first-order valence-corrected chi connectivity index (χ1v) is 6.83. The van der Waals surface area contributed by atoms with E-state index in [4.69, 9.17) is 0 Å². The summed E-state index contributed by atoms with van der Waals surface area (Å²) in [6.45, 7) is 4.63. The highest BCUT2D eigenvalue weighted by molar-refractivity contribution is 5.48. The molecule has 0 aromatic carbocycles. The number of hydrogen-bond acceptors (Lipinski definition) is 4. The summed E-state index contributed by atoms with van der Waals surface area (Å²) < 4.78 is 1.40. The fraction of sp³-hybridized carbons (Fsp3) is 0.615. The second-order valence-corrected chi connectivity index (χ2v) is 5.64. The van der Waals surface area contributed by atoms with Gasteiger partial charge in [-0.2, -0.15) is 5.10 Å². The first kappa shape index (κ1) is 12.2. The molecule has 2 N–H and O–H groups in total. The van der Waals surface area contributed by atoms with Crippen LogP contribution >= 0.6 is 0 Å². The first-order valence-electron chi connectivity index (χ1n) is 6.83. The van der Waals surface area contributed by atoms with Gasteiger partial charge in [-0.25, -0.2) is 19.3 Å². The van der Waals surface area contributed by atoms with E-state index in [0.29, 0.717) is 11.7 Å². The number of aromatic nitrogens is 4. The lowest BCUT2D eigenvalue weighted by Gasteiger charge is -2.32. The van der Waals surface area contributed by atoms with Crippen molar-refractivity contribution in [2.75, 3.05) is 5.32 Å². The Morgan fingerprint density at radius 1 is 1.37 bits per heavy atom. The van der Waals surface area contributed by atoms with Crippen LogP contribution in [0.25, 0.3) is 5.65 Å². The highest BCUT2D eigenvalue weighted by Gasteiger charge is 2.24. The molecule has 1 aliphatic rings. The van der Waals surface area contributed by atoms with E-state index in [1.807, 2.05) is 0 Å². The third kappa shape index (κ3) is 2.34. The molecule has 0 spiro atoms. The number of rotatable bonds is 2. The van der Waals surface area contributed by atoms with E-state index in [-0.39, 0.29) is 5.69 Å². The van der Waals surface area contributed by atoms with E-state index in [1.165, 1.54) is 30.0 Å². The molecule has 1 fully saturated rings. The summed E-state index contributed by atoms with van der Waals surface area (Å²) in [7, 11) is 0. The summed E-state index contributed by atoms with van der Waals surface area (Å²) >= 11 is 0. The van der Waals surface area contributed by atoms with Gasteiger partial charge in [0.1, 0.15) is 12.1 Å². The monoisotopic (exact) mass is 261 g/mol. The molecule has 3 atom stereocenters. The Morgan fingerprint density at radius 2 is 2.21 bits per heavy atom. The maximum absolute atomic E-state index is 11.3. The molecule has 0 saturated heterocycles. The third-order valence-corrected chi connectivity index (χ3v) is 4.26. The summed E-state index contributed by atoms with van der Waals surface area (Å²) in [5.41, 5.74) is 0.342. The van der Waals surface area contributed by atoms with Crippen molar-refractivity contribution in [2.45, 2.75) is 39.2 Å². The van der Waals surface area contributed by atoms with Crippen molar-refractivity contribution in [1.29, 1.82) is 0 Å². The smallest absolute Gasteiger partial charge is 0.348 e. The molecule has 102 valence electrons. The van der Waals surface area contributed by atoms with Gasteiger partial charge in [-0.3, -0.25) is 0 Å². The van der Waals surface area contributed by atoms with Gasteiger partial charge in [0, 0.05) is 12.1 Å². The van der Waals surface area contributed by atoms with Crippen LogP contribution in [-0.4, -0.2) is 25.6 Å². The SMILES string of the molecule is CC1CCC(Nc2cc3n[nH]c(=O)n3cn2)CC1C. The zero-order valence-corrected chi connectivity index (χ0v) is 11.3. The van der Waals surface area contributed by atoms with Gasteiger partial charge in [-0.05, 0) is 31.1 Å². The molecule has 6 heteroatoms. The topological polar surface area (TPSA) is 75.1 Å². The molecule has 19 heavy (non-hydrogen) atoms. The van der Waals surface area contributed by atoms with Crippen molar-refractivity contribution in [3.05, 3.63) is 22.9 Å². The molecule has 1 saturated carbocycles. The highest BCUT2D eigenvalue weighted by atomic mass is 16.1. The van der Waals surface area contributed by atoms with Crippen LogP contribution in [0, 0.1) is 11.8 Å². The fourth-order valence-electron chi connectivity index (χ4n) is 2.78. The van der Waals surface area contributed by atoms with Crippen LogP contribution in [0.4, 0.5) is 5.82 Å². The molecule has 1 aliphatic carbocycles. The van der Waals surface area contributed by atoms with Crippen molar-refractivity contribution in [2.24, 2.45) is 11.8 Å². The Labute approximate surface area is 111 Å². The number of nitrogens with zero attached hydrogens (tertiary/aromatic N) is 3. The molecule has 2 aromatic rings. The zero-order chi connectivity index (χ0) is 13.4. The van der Waals surface area contributed by atoms with E-state index < -0.39 is 0 Å². The molecular weight excluding hydrogens is 242 g/mol. The molecule has 0 radical (unpaired) electrons. The van der Waals surface area contributed by atoms with Gasteiger partial charge in [0.25, 0.3) is 0 Å². The quantitative estimate of drug-likeness (QED) is 0.862. The maximum atomic E-state index is 11.3. The number of H-pyrrole nitrogens is 1. The number of aromatic amines is 1. The number of hydrogen-bond donors (Lipinski definition) is 2. The van der Waals surface area contributed by atoms with Crippen LogP contribution in [0.3, 0.4) is 0 Å². The summed E-state index contributed by atoms with van der Waals surface area (Å²) in [5.74, 6) is 2.33. The lowest BCUT2D eigenvalue weighted by atomic mass is 9.79. The zero-order valence-electron chi connectivity index (χ0n) is 11.3. The van der Waals surface area contributed by atoms with E-state index in [2.05, 4.69) is 34.3 Å². The van der Waals surface area contributed by atoms with Crippen LogP contribution in [-0.2, 0) is 0 Å². The van der Waals surface area contributed by atoms with E-state index in [1.54, 1.807) is 6.07 Å². The largest absolute Gasteiger partial charge is 0.367 e. The second kappa shape index (κ2) is 4.68. The number of fused-ring (bicyclic) bond motifs is 1. The second-order valence-electron chi connectivity index (χ2n) is 5.64. The van der Waals surface area contributed by atoms with Crippen LogP contribution in [0.1, 0.15) is 33.1 Å². The van der Waals surface area contributed by atoms with Gasteiger partial charge in [-0.1, -0.05) is 13.8 Å². The average molecular weight is 261 g/mol. The van der Waals surface area contributed by atoms with Crippen LogP contribution in [0.2, 0.25) is 0 Å². The van der Waals surface area contributed by atoms with Crippen molar-refractivity contribution in [1.82, 2.24) is 19.6 Å². The summed E-state index contributed by atoms with van der Waals surface area (Å²) in [5, 5.41) is 9.81. The highest BCUT2D eigenvalue weighted by Crippen LogP contribution is 2.30. The molecule has 0 amide bonds. The van der Waals surface area contributed by atoms with Crippen molar-refractivity contribution >= 4 is 11.5 Å². The number of anilines is 1. The fourth-order valence-corrected chi connectivity index (χ4v) is 2.78. The van der Waals surface area contributed by atoms with Crippen LogP contribution < -0.4 is 11.0 Å². The predicted octanol–water partition coefficient (Wildman–Crippen LogP) is 1.65. The van der Waals surface area contributed by atoms with Gasteiger partial charge >= 0.3 is 5.69 Å². The first-order chi connectivity index (χ1) is 9.13.